The molecule has 9 heteroatoms. The molecule has 3 fully saturated rings. The highest BCUT2D eigenvalue weighted by Crippen LogP contribution is 2.68. The van der Waals surface area contributed by atoms with Gasteiger partial charge in [0.15, 0.2) is 0 Å². The molecular weight excluding hydrogens is 592 g/mol. The SMILES string of the molecule is C=CCCCCOC(=O)[C@H]1[C@@H]2SC3(CC2Br)C(C(=O)N(CC=C)CCCC)N([C@H](CO)c2ccccc2)C(=O)[C@H]13. The number of aliphatic hydroxyl groups excluding tert-OH is 1. The summed E-state index contributed by atoms with van der Waals surface area (Å²) in [5.41, 5.74) is 0.757. The number of nitrogens with zero attached hydrogens (tertiary/aromatic N) is 2. The number of halogens is 1. The summed E-state index contributed by atoms with van der Waals surface area (Å²) in [6, 6.07) is 7.81. The summed E-state index contributed by atoms with van der Waals surface area (Å²) in [5, 5.41) is 10.5. The third kappa shape index (κ3) is 5.66. The summed E-state index contributed by atoms with van der Waals surface area (Å²) >= 11 is 5.39. The van der Waals surface area contributed by atoms with Crippen LogP contribution in [0.1, 0.15) is 57.1 Å². The first-order chi connectivity index (χ1) is 19.4. The summed E-state index contributed by atoms with van der Waals surface area (Å²) in [7, 11) is 0. The van der Waals surface area contributed by atoms with Gasteiger partial charge in [-0.05, 0) is 37.7 Å². The molecule has 1 spiro atoms. The first-order valence-corrected chi connectivity index (χ1v) is 16.1. The maximum Gasteiger partial charge on any atom is 0.310 e. The summed E-state index contributed by atoms with van der Waals surface area (Å²) in [6.07, 6.45) is 8.35. The van der Waals surface area contributed by atoms with Crippen molar-refractivity contribution in [1.82, 2.24) is 9.80 Å². The van der Waals surface area contributed by atoms with Crippen LogP contribution in [0.3, 0.4) is 0 Å². The molecule has 2 bridgehead atoms. The molecule has 3 heterocycles. The van der Waals surface area contributed by atoms with Crippen LogP contribution >= 0.6 is 27.7 Å². The molecule has 2 amide bonds. The minimum absolute atomic E-state index is 0.0390. The lowest BCUT2D eigenvalue weighted by Gasteiger charge is -2.40. The Morgan fingerprint density at radius 3 is 2.65 bits per heavy atom. The number of ether oxygens (including phenoxy) is 1. The van der Waals surface area contributed by atoms with E-state index < -0.39 is 28.7 Å². The van der Waals surface area contributed by atoms with Gasteiger partial charge in [-0.15, -0.1) is 24.9 Å². The van der Waals surface area contributed by atoms with Crippen molar-refractivity contribution in [2.24, 2.45) is 11.8 Å². The molecule has 40 heavy (non-hydrogen) atoms. The van der Waals surface area contributed by atoms with E-state index in [-0.39, 0.29) is 34.5 Å². The van der Waals surface area contributed by atoms with Crippen LogP contribution in [-0.4, -0.2) is 79.9 Å². The number of carbonyl (C=O) groups is 3. The van der Waals surface area contributed by atoms with Crippen molar-refractivity contribution in [1.29, 1.82) is 0 Å². The molecule has 1 aromatic rings. The first kappa shape index (κ1) is 30.8. The van der Waals surface area contributed by atoms with Gasteiger partial charge in [0.2, 0.25) is 11.8 Å². The van der Waals surface area contributed by atoms with Crippen LogP contribution in [0.4, 0.5) is 0 Å². The molecule has 0 radical (unpaired) electrons. The first-order valence-electron chi connectivity index (χ1n) is 14.3. The molecule has 3 aliphatic rings. The zero-order valence-electron chi connectivity index (χ0n) is 23.3. The van der Waals surface area contributed by atoms with Crippen LogP contribution in [-0.2, 0) is 19.1 Å². The lowest BCUT2D eigenvalue weighted by atomic mass is 9.71. The molecule has 4 rings (SSSR count). The van der Waals surface area contributed by atoms with Gasteiger partial charge >= 0.3 is 5.97 Å². The van der Waals surface area contributed by atoms with Gasteiger partial charge in [0.1, 0.15) is 6.04 Å². The zero-order chi connectivity index (χ0) is 28.9. The normalized spacial score (nSPS) is 29.2. The van der Waals surface area contributed by atoms with Crippen molar-refractivity contribution in [3.8, 4) is 0 Å². The number of thioether (sulfide) groups is 1. The molecule has 1 aromatic carbocycles. The van der Waals surface area contributed by atoms with Gasteiger partial charge in [0.25, 0.3) is 0 Å². The molecule has 218 valence electrons. The molecule has 0 saturated carbocycles. The number of unbranched alkanes of at least 4 members (excludes halogenated alkanes) is 3. The highest BCUT2D eigenvalue weighted by molar-refractivity contribution is 9.09. The second-order valence-corrected chi connectivity index (χ2v) is 13.6. The van der Waals surface area contributed by atoms with Crippen LogP contribution in [0, 0.1) is 11.8 Å². The number of benzene rings is 1. The number of allylic oxidation sites excluding steroid dienone is 1. The quantitative estimate of drug-likeness (QED) is 0.128. The molecule has 0 aromatic heterocycles. The number of hydrogen-bond acceptors (Lipinski definition) is 6. The number of aliphatic hydroxyl groups is 1. The fourth-order valence-corrected chi connectivity index (χ4v) is 10.2. The summed E-state index contributed by atoms with van der Waals surface area (Å²) < 4.78 is 4.93. The van der Waals surface area contributed by atoms with Crippen LogP contribution in [0.2, 0.25) is 0 Å². The van der Waals surface area contributed by atoms with Crippen molar-refractivity contribution >= 4 is 45.5 Å². The number of rotatable bonds is 15. The van der Waals surface area contributed by atoms with Crippen LogP contribution in [0.25, 0.3) is 0 Å². The molecule has 3 unspecified atom stereocenters. The van der Waals surface area contributed by atoms with Gasteiger partial charge in [-0.3, -0.25) is 14.4 Å². The highest BCUT2D eigenvalue weighted by Gasteiger charge is 2.76. The Kier molecular flexibility index (Phi) is 10.6. The fraction of sp³-hybridized carbons (Fsp3) is 0.581. The molecule has 3 saturated heterocycles. The number of esters is 1. The van der Waals surface area contributed by atoms with Crippen molar-refractivity contribution in [3.63, 3.8) is 0 Å². The number of hydrogen-bond donors (Lipinski definition) is 1. The maximum absolute atomic E-state index is 14.5. The summed E-state index contributed by atoms with van der Waals surface area (Å²) in [5.74, 6) is -2.12. The summed E-state index contributed by atoms with van der Waals surface area (Å²) in [4.78, 5) is 45.9. The molecule has 7 nitrogen and oxygen atoms in total. The van der Waals surface area contributed by atoms with E-state index in [2.05, 4.69) is 36.0 Å². The van der Waals surface area contributed by atoms with Crippen LogP contribution < -0.4 is 0 Å². The Bertz CT molecular complexity index is 1090. The minimum Gasteiger partial charge on any atom is -0.465 e. The fourth-order valence-electron chi connectivity index (χ4n) is 6.61. The van der Waals surface area contributed by atoms with E-state index in [0.717, 1.165) is 37.7 Å². The van der Waals surface area contributed by atoms with Crippen molar-refractivity contribution < 1.29 is 24.2 Å². The van der Waals surface area contributed by atoms with E-state index in [1.54, 1.807) is 27.6 Å². The average Bonchev–Trinajstić information content (AvgIpc) is 3.55. The van der Waals surface area contributed by atoms with Gasteiger partial charge in [0.05, 0.1) is 35.8 Å². The topological polar surface area (TPSA) is 87.2 Å². The lowest BCUT2D eigenvalue weighted by molar-refractivity contribution is -0.154. The van der Waals surface area contributed by atoms with Crippen LogP contribution in [0.15, 0.2) is 55.6 Å². The average molecular weight is 634 g/mol. The van der Waals surface area contributed by atoms with E-state index in [9.17, 15) is 19.5 Å². The molecular formula is C31H41BrN2O5S. The molecule has 0 aliphatic carbocycles. The van der Waals surface area contributed by atoms with Crippen LogP contribution in [0.5, 0.6) is 0 Å². The third-order valence-electron chi connectivity index (χ3n) is 8.42. The lowest BCUT2D eigenvalue weighted by Crippen LogP contribution is -2.56. The standard InChI is InChI=1S/C31H41BrN2O5S/c1-4-7-9-13-18-39-30(38)24-25-28(36)34(23(20-35)21-14-11-10-12-15-21)27(31(25)19-22(32)26(24)40-31)29(37)33(16-6-3)17-8-5-2/h4,6,10-12,14-15,22-27,35H,1,3,5,7-9,13,16-20H2,2H3/t22?,23-,24-,25+,26-,27?,31?/m1/s1. The highest BCUT2D eigenvalue weighted by atomic mass is 79.9. The number of fused-ring (bicyclic) bond motifs is 1. The van der Waals surface area contributed by atoms with E-state index in [4.69, 9.17) is 4.74 Å². The number of alkyl halides is 1. The Morgan fingerprint density at radius 1 is 1.25 bits per heavy atom. The zero-order valence-corrected chi connectivity index (χ0v) is 25.7. The second-order valence-electron chi connectivity index (χ2n) is 10.9. The van der Waals surface area contributed by atoms with E-state index in [1.807, 2.05) is 36.4 Å². The largest absolute Gasteiger partial charge is 0.465 e. The summed E-state index contributed by atoms with van der Waals surface area (Å²) in [6.45, 7) is 10.6. The monoisotopic (exact) mass is 632 g/mol. The smallest absolute Gasteiger partial charge is 0.310 e. The number of carbonyl (C=O) groups excluding carboxylic acids is 3. The predicted octanol–water partition coefficient (Wildman–Crippen LogP) is 4.90. The molecule has 3 aliphatic heterocycles. The molecule has 1 N–H and O–H groups in total. The minimum atomic E-state index is -0.820. The number of amides is 2. The van der Waals surface area contributed by atoms with Crippen molar-refractivity contribution in [3.05, 3.63) is 61.2 Å². The van der Waals surface area contributed by atoms with E-state index >= 15 is 0 Å². The maximum atomic E-state index is 14.5. The van der Waals surface area contributed by atoms with Crippen molar-refractivity contribution in [2.45, 2.75) is 72.4 Å². The van der Waals surface area contributed by atoms with Gasteiger partial charge in [0, 0.05) is 23.2 Å². The van der Waals surface area contributed by atoms with E-state index in [0.29, 0.717) is 26.1 Å². The van der Waals surface area contributed by atoms with E-state index in [1.165, 1.54) is 0 Å². The van der Waals surface area contributed by atoms with Gasteiger partial charge in [-0.25, -0.2) is 0 Å². The van der Waals surface area contributed by atoms with Crippen molar-refractivity contribution in [2.75, 3.05) is 26.3 Å². The Hall–Kier alpha value is -2.10. The number of likely N-dealkylation sites (tertiary alicyclic amines) is 1. The Balaban J connectivity index is 1.74. The van der Waals surface area contributed by atoms with Gasteiger partial charge < -0.3 is 19.6 Å². The third-order valence-corrected chi connectivity index (χ3v) is 11.6. The van der Waals surface area contributed by atoms with Gasteiger partial charge in [-0.2, -0.15) is 0 Å². The second kappa shape index (κ2) is 13.7. The predicted molar refractivity (Wildman–Crippen MR) is 162 cm³/mol. The Morgan fingerprint density at radius 2 is 2.00 bits per heavy atom. The molecule has 7 atom stereocenters. The Labute approximate surface area is 250 Å². The van der Waals surface area contributed by atoms with Gasteiger partial charge in [-0.1, -0.05) is 71.8 Å².